The van der Waals surface area contributed by atoms with Crippen molar-refractivity contribution in [1.82, 2.24) is 19.6 Å². The predicted molar refractivity (Wildman–Crippen MR) is 97.7 cm³/mol. The highest BCUT2D eigenvalue weighted by molar-refractivity contribution is 5.76. The molecule has 144 valence electrons. The van der Waals surface area contributed by atoms with Crippen molar-refractivity contribution in [1.29, 1.82) is 0 Å². The number of hydrogen-bond acceptors (Lipinski definition) is 4. The van der Waals surface area contributed by atoms with Gasteiger partial charge in [0.1, 0.15) is 5.60 Å². The van der Waals surface area contributed by atoms with Crippen molar-refractivity contribution in [2.45, 2.75) is 71.1 Å². The van der Waals surface area contributed by atoms with E-state index in [0.717, 1.165) is 31.2 Å². The van der Waals surface area contributed by atoms with Crippen LogP contribution in [0.4, 0.5) is 4.79 Å². The van der Waals surface area contributed by atoms with Crippen LogP contribution in [0.5, 0.6) is 0 Å². The molecule has 0 bridgehead atoms. The second-order valence-electron chi connectivity index (χ2n) is 7.73. The van der Waals surface area contributed by atoms with Gasteiger partial charge in [0.25, 0.3) is 0 Å². The van der Waals surface area contributed by atoms with E-state index in [1.165, 1.54) is 0 Å². The standard InChI is InChI=1S/C19H30N4O3/c1-4-5-16(3)23-14-19(26-18(23)25)7-10-21(11-8-19)17(24)6-9-22-13-15(2)12-20-22/h12-13,16H,4-11,14H2,1-3H3/t16-/m0/s1. The summed E-state index contributed by atoms with van der Waals surface area (Å²) in [5.74, 6) is 0.147. The second kappa shape index (κ2) is 7.68. The van der Waals surface area contributed by atoms with Gasteiger partial charge >= 0.3 is 6.09 Å². The summed E-state index contributed by atoms with van der Waals surface area (Å²) in [7, 11) is 0. The average molecular weight is 362 g/mol. The minimum absolute atomic E-state index is 0.147. The molecule has 2 aliphatic rings. The lowest BCUT2D eigenvalue weighted by Gasteiger charge is -2.37. The van der Waals surface area contributed by atoms with Crippen LogP contribution >= 0.6 is 0 Å². The third-order valence-electron chi connectivity index (χ3n) is 5.58. The highest BCUT2D eigenvalue weighted by Gasteiger charge is 2.48. The molecular formula is C19H30N4O3. The van der Waals surface area contributed by atoms with Crippen molar-refractivity contribution < 1.29 is 14.3 Å². The maximum atomic E-state index is 12.5. The number of carbonyl (C=O) groups is 2. The van der Waals surface area contributed by atoms with Crippen LogP contribution in [0.25, 0.3) is 0 Å². The molecule has 2 saturated heterocycles. The summed E-state index contributed by atoms with van der Waals surface area (Å²) < 4.78 is 7.57. The first-order valence-corrected chi connectivity index (χ1v) is 9.69. The molecule has 0 aromatic carbocycles. The normalized spacial score (nSPS) is 20.5. The lowest BCUT2D eigenvalue weighted by Crippen LogP contribution is -2.49. The van der Waals surface area contributed by atoms with E-state index < -0.39 is 5.60 Å². The monoisotopic (exact) mass is 362 g/mol. The molecule has 0 aliphatic carbocycles. The third-order valence-corrected chi connectivity index (χ3v) is 5.58. The summed E-state index contributed by atoms with van der Waals surface area (Å²) in [6.07, 6.45) is 7.49. The summed E-state index contributed by atoms with van der Waals surface area (Å²) in [4.78, 5) is 28.5. The molecule has 7 nitrogen and oxygen atoms in total. The zero-order valence-electron chi connectivity index (χ0n) is 16.1. The van der Waals surface area contributed by atoms with E-state index in [2.05, 4.69) is 18.9 Å². The molecule has 0 saturated carbocycles. The topological polar surface area (TPSA) is 67.7 Å². The minimum atomic E-state index is -0.408. The van der Waals surface area contributed by atoms with Crippen molar-refractivity contribution in [3.05, 3.63) is 18.0 Å². The Morgan fingerprint density at radius 3 is 2.73 bits per heavy atom. The number of aryl methyl sites for hydroxylation is 2. The first-order chi connectivity index (χ1) is 12.4. The van der Waals surface area contributed by atoms with Gasteiger partial charge in [0, 0.05) is 51.1 Å². The van der Waals surface area contributed by atoms with E-state index in [9.17, 15) is 9.59 Å². The van der Waals surface area contributed by atoms with Crippen molar-refractivity contribution >= 4 is 12.0 Å². The number of amides is 2. The summed E-state index contributed by atoms with van der Waals surface area (Å²) in [5, 5.41) is 4.22. The van der Waals surface area contributed by atoms with Crippen molar-refractivity contribution in [2.24, 2.45) is 0 Å². The fourth-order valence-corrected chi connectivity index (χ4v) is 3.94. The maximum absolute atomic E-state index is 12.5. The van der Waals surface area contributed by atoms with E-state index >= 15 is 0 Å². The molecule has 26 heavy (non-hydrogen) atoms. The molecule has 3 heterocycles. The number of likely N-dealkylation sites (tertiary alicyclic amines) is 1. The molecule has 7 heteroatoms. The van der Waals surface area contributed by atoms with E-state index in [0.29, 0.717) is 32.6 Å². The molecule has 0 unspecified atom stereocenters. The Bertz CT molecular complexity index is 649. The van der Waals surface area contributed by atoms with E-state index in [1.54, 1.807) is 6.20 Å². The fourth-order valence-electron chi connectivity index (χ4n) is 3.94. The van der Waals surface area contributed by atoms with Crippen molar-refractivity contribution in [2.75, 3.05) is 19.6 Å². The van der Waals surface area contributed by atoms with Crippen molar-refractivity contribution in [3.63, 3.8) is 0 Å². The third kappa shape index (κ3) is 4.02. The lowest BCUT2D eigenvalue weighted by molar-refractivity contribution is -0.134. The zero-order valence-corrected chi connectivity index (χ0v) is 16.1. The Hall–Kier alpha value is -2.05. The van der Waals surface area contributed by atoms with E-state index in [4.69, 9.17) is 4.74 Å². The van der Waals surface area contributed by atoms with Gasteiger partial charge in [0.05, 0.1) is 12.7 Å². The van der Waals surface area contributed by atoms with Gasteiger partial charge < -0.3 is 14.5 Å². The van der Waals surface area contributed by atoms with Crippen LogP contribution in [-0.2, 0) is 16.1 Å². The summed E-state index contributed by atoms with van der Waals surface area (Å²) in [6, 6.07) is 0.212. The van der Waals surface area contributed by atoms with E-state index in [-0.39, 0.29) is 18.0 Å². The van der Waals surface area contributed by atoms with E-state index in [1.807, 2.05) is 27.6 Å². The van der Waals surface area contributed by atoms with Gasteiger partial charge in [-0.15, -0.1) is 0 Å². The lowest BCUT2D eigenvalue weighted by atomic mass is 9.90. The molecule has 2 fully saturated rings. The Labute approximate surface area is 155 Å². The quantitative estimate of drug-likeness (QED) is 0.780. The Balaban J connectivity index is 1.49. The highest BCUT2D eigenvalue weighted by atomic mass is 16.6. The first kappa shape index (κ1) is 18.7. The number of carbonyl (C=O) groups excluding carboxylic acids is 2. The molecule has 1 aromatic rings. The van der Waals surface area contributed by atoms with Crippen LogP contribution in [0.3, 0.4) is 0 Å². The van der Waals surface area contributed by atoms with Gasteiger partial charge in [-0.25, -0.2) is 4.79 Å². The number of aromatic nitrogens is 2. The molecule has 1 aromatic heterocycles. The summed E-state index contributed by atoms with van der Waals surface area (Å²) >= 11 is 0. The molecule has 1 spiro atoms. The molecule has 0 N–H and O–H groups in total. The summed E-state index contributed by atoms with van der Waals surface area (Å²) in [6.45, 7) is 8.76. The minimum Gasteiger partial charge on any atom is -0.441 e. The van der Waals surface area contributed by atoms with Gasteiger partial charge in [0.15, 0.2) is 0 Å². The smallest absolute Gasteiger partial charge is 0.410 e. The van der Waals surface area contributed by atoms with Crippen LogP contribution in [-0.4, -0.2) is 62.9 Å². The molecular weight excluding hydrogens is 332 g/mol. The molecule has 0 radical (unpaired) electrons. The molecule has 2 aliphatic heterocycles. The SMILES string of the molecule is CCC[C@H](C)N1CC2(CCN(C(=O)CCn3cc(C)cn3)CC2)OC1=O. The number of nitrogens with zero attached hydrogens (tertiary/aromatic N) is 4. The average Bonchev–Trinajstić information content (AvgIpc) is 3.17. The van der Waals surface area contributed by atoms with Gasteiger partial charge in [-0.05, 0) is 25.8 Å². The molecule has 2 amide bonds. The Morgan fingerprint density at radius 1 is 1.38 bits per heavy atom. The fraction of sp³-hybridized carbons (Fsp3) is 0.737. The number of piperidine rings is 1. The van der Waals surface area contributed by atoms with Gasteiger partial charge in [-0.2, -0.15) is 5.10 Å². The summed E-state index contributed by atoms with van der Waals surface area (Å²) in [5.41, 5.74) is 0.692. The first-order valence-electron chi connectivity index (χ1n) is 9.69. The Morgan fingerprint density at radius 2 is 2.12 bits per heavy atom. The van der Waals surface area contributed by atoms with Crippen LogP contribution in [0.1, 0.15) is 51.5 Å². The zero-order chi connectivity index (χ0) is 18.7. The molecule has 1 atom stereocenters. The number of ether oxygens (including phenoxy) is 1. The van der Waals surface area contributed by atoms with Gasteiger partial charge in [0.2, 0.25) is 5.91 Å². The second-order valence-corrected chi connectivity index (χ2v) is 7.73. The Kier molecular flexibility index (Phi) is 5.53. The van der Waals surface area contributed by atoms with Crippen LogP contribution in [0, 0.1) is 6.92 Å². The van der Waals surface area contributed by atoms with Crippen LogP contribution in [0.15, 0.2) is 12.4 Å². The van der Waals surface area contributed by atoms with Crippen molar-refractivity contribution in [3.8, 4) is 0 Å². The number of hydrogen-bond donors (Lipinski definition) is 0. The van der Waals surface area contributed by atoms with Gasteiger partial charge in [-0.1, -0.05) is 13.3 Å². The number of rotatable bonds is 6. The largest absolute Gasteiger partial charge is 0.441 e. The van der Waals surface area contributed by atoms with Gasteiger partial charge in [-0.3, -0.25) is 9.48 Å². The maximum Gasteiger partial charge on any atom is 0.410 e. The predicted octanol–water partition coefficient (Wildman–Crippen LogP) is 2.58. The van der Waals surface area contributed by atoms with Crippen LogP contribution < -0.4 is 0 Å². The molecule has 3 rings (SSSR count). The highest BCUT2D eigenvalue weighted by Crippen LogP contribution is 2.34. The van der Waals surface area contributed by atoms with Crippen LogP contribution in [0.2, 0.25) is 0 Å².